The van der Waals surface area contributed by atoms with E-state index in [0.29, 0.717) is 12.2 Å². The lowest BCUT2D eigenvalue weighted by molar-refractivity contribution is 0.0594. The third-order valence-electron chi connectivity index (χ3n) is 2.26. The van der Waals surface area contributed by atoms with E-state index in [0.717, 1.165) is 5.69 Å². The molecular weight excluding hydrogens is 222 g/mol. The van der Waals surface area contributed by atoms with Gasteiger partial charge < -0.3 is 10.5 Å². The summed E-state index contributed by atoms with van der Waals surface area (Å²) >= 11 is 0. The number of methoxy groups -OCH3 is 1. The Morgan fingerprint density at radius 2 is 2.29 bits per heavy atom. The molecule has 0 spiro atoms. The highest BCUT2D eigenvalue weighted by atomic mass is 16.5. The second-order valence-electron chi connectivity index (χ2n) is 3.60. The van der Waals surface area contributed by atoms with Crippen molar-refractivity contribution in [1.82, 2.24) is 19.6 Å². The molecule has 17 heavy (non-hydrogen) atoms. The van der Waals surface area contributed by atoms with E-state index in [9.17, 15) is 4.79 Å². The van der Waals surface area contributed by atoms with E-state index in [4.69, 9.17) is 5.73 Å². The zero-order valence-electron chi connectivity index (χ0n) is 9.62. The van der Waals surface area contributed by atoms with Crippen LogP contribution in [-0.4, -0.2) is 32.6 Å². The van der Waals surface area contributed by atoms with Crippen molar-refractivity contribution in [2.24, 2.45) is 7.05 Å². The summed E-state index contributed by atoms with van der Waals surface area (Å²) in [5.41, 5.74) is 6.93. The number of anilines is 1. The fourth-order valence-corrected chi connectivity index (χ4v) is 1.49. The molecule has 0 aliphatic heterocycles. The van der Waals surface area contributed by atoms with Crippen molar-refractivity contribution in [1.29, 1.82) is 0 Å². The second kappa shape index (κ2) is 4.28. The lowest BCUT2D eigenvalue weighted by atomic mass is 10.4. The summed E-state index contributed by atoms with van der Waals surface area (Å²) in [6, 6.07) is 1.87. The number of carbonyl (C=O) groups excluding carboxylic acids is 1. The summed E-state index contributed by atoms with van der Waals surface area (Å²) in [6.07, 6.45) is 3.42. The van der Waals surface area contributed by atoms with Gasteiger partial charge in [-0.1, -0.05) is 0 Å². The van der Waals surface area contributed by atoms with Crippen LogP contribution in [0.25, 0.3) is 0 Å². The van der Waals surface area contributed by atoms with Crippen LogP contribution in [0, 0.1) is 0 Å². The molecule has 0 aliphatic carbocycles. The SMILES string of the molecule is COC(=O)c1nn(Cc2ccn(C)n2)cc1N. The molecule has 2 N–H and O–H groups in total. The third-order valence-corrected chi connectivity index (χ3v) is 2.26. The van der Waals surface area contributed by atoms with Crippen molar-refractivity contribution in [2.75, 3.05) is 12.8 Å². The molecule has 0 aromatic carbocycles. The Morgan fingerprint density at radius 1 is 1.53 bits per heavy atom. The fourth-order valence-electron chi connectivity index (χ4n) is 1.49. The fraction of sp³-hybridized carbons (Fsp3) is 0.300. The zero-order valence-corrected chi connectivity index (χ0v) is 9.62. The predicted molar refractivity (Wildman–Crippen MR) is 60.3 cm³/mol. The number of nitrogens with zero attached hydrogens (tertiary/aromatic N) is 4. The largest absolute Gasteiger partial charge is 0.464 e. The highest BCUT2D eigenvalue weighted by Gasteiger charge is 2.15. The second-order valence-corrected chi connectivity index (χ2v) is 3.60. The van der Waals surface area contributed by atoms with Crippen molar-refractivity contribution in [3.63, 3.8) is 0 Å². The van der Waals surface area contributed by atoms with Crippen LogP contribution in [0.2, 0.25) is 0 Å². The van der Waals surface area contributed by atoms with Gasteiger partial charge in [0.2, 0.25) is 0 Å². The maximum atomic E-state index is 11.3. The molecule has 0 aliphatic rings. The van der Waals surface area contributed by atoms with Gasteiger partial charge in [0, 0.05) is 19.4 Å². The maximum Gasteiger partial charge on any atom is 0.360 e. The number of esters is 1. The monoisotopic (exact) mass is 235 g/mol. The molecule has 7 heteroatoms. The van der Waals surface area contributed by atoms with Gasteiger partial charge in [0.1, 0.15) is 0 Å². The van der Waals surface area contributed by atoms with E-state index in [1.807, 2.05) is 19.3 Å². The number of hydrogen-bond acceptors (Lipinski definition) is 5. The minimum atomic E-state index is -0.540. The Kier molecular flexibility index (Phi) is 2.82. The number of nitrogens with two attached hydrogens (primary N) is 1. The predicted octanol–water partition coefficient (Wildman–Crippen LogP) is 0.0337. The summed E-state index contributed by atoms with van der Waals surface area (Å²) in [4.78, 5) is 11.3. The van der Waals surface area contributed by atoms with Crippen LogP contribution in [-0.2, 0) is 18.3 Å². The van der Waals surface area contributed by atoms with Crippen LogP contribution < -0.4 is 5.73 Å². The Balaban J connectivity index is 2.20. The summed E-state index contributed by atoms with van der Waals surface area (Å²) in [5.74, 6) is -0.540. The average molecular weight is 235 g/mol. The number of carbonyl (C=O) groups is 1. The number of nitrogen functional groups attached to an aromatic ring is 1. The molecule has 0 fully saturated rings. The van der Waals surface area contributed by atoms with Crippen LogP contribution in [0.3, 0.4) is 0 Å². The highest BCUT2D eigenvalue weighted by Crippen LogP contribution is 2.11. The van der Waals surface area contributed by atoms with Crippen molar-refractivity contribution < 1.29 is 9.53 Å². The maximum absolute atomic E-state index is 11.3. The average Bonchev–Trinajstić information content (AvgIpc) is 2.85. The molecule has 90 valence electrons. The number of ether oxygens (including phenoxy) is 1. The summed E-state index contributed by atoms with van der Waals surface area (Å²) in [5, 5.41) is 8.26. The smallest absolute Gasteiger partial charge is 0.360 e. The van der Waals surface area contributed by atoms with E-state index in [2.05, 4.69) is 14.9 Å². The van der Waals surface area contributed by atoms with Gasteiger partial charge in [0.25, 0.3) is 0 Å². The number of aromatic nitrogens is 4. The molecule has 0 amide bonds. The van der Waals surface area contributed by atoms with Crippen LogP contribution in [0.4, 0.5) is 5.69 Å². The first-order chi connectivity index (χ1) is 8.10. The molecule has 0 radical (unpaired) electrons. The Hall–Kier alpha value is -2.31. The normalized spacial score (nSPS) is 10.5. The first kappa shape index (κ1) is 11.2. The lowest BCUT2D eigenvalue weighted by Crippen LogP contribution is -2.07. The number of hydrogen-bond donors (Lipinski definition) is 1. The summed E-state index contributed by atoms with van der Waals surface area (Å²) in [7, 11) is 3.13. The molecule has 2 heterocycles. The zero-order chi connectivity index (χ0) is 12.4. The van der Waals surface area contributed by atoms with Gasteiger partial charge in [-0.15, -0.1) is 0 Å². The topological polar surface area (TPSA) is 88.0 Å². The van der Waals surface area contributed by atoms with Crippen LogP contribution >= 0.6 is 0 Å². The van der Waals surface area contributed by atoms with Gasteiger partial charge in [-0.2, -0.15) is 10.2 Å². The Morgan fingerprint density at radius 3 is 2.88 bits per heavy atom. The highest BCUT2D eigenvalue weighted by molar-refractivity contribution is 5.92. The van der Waals surface area contributed by atoms with Crippen LogP contribution in [0.1, 0.15) is 16.2 Å². The van der Waals surface area contributed by atoms with E-state index in [-0.39, 0.29) is 5.69 Å². The van der Waals surface area contributed by atoms with Gasteiger partial charge in [-0.3, -0.25) is 9.36 Å². The number of rotatable bonds is 3. The van der Waals surface area contributed by atoms with Crippen molar-refractivity contribution in [3.8, 4) is 0 Å². The quantitative estimate of drug-likeness (QED) is 0.758. The number of aryl methyl sites for hydroxylation is 1. The standard InChI is InChI=1S/C10H13N5O2/c1-14-4-3-7(12-14)5-15-6-8(11)9(13-15)10(16)17-2/h3-4,6H,5,11H2,1-2H3. The van der Waals surface area contributed by atoms with Gasteiger partial charge in [-0.05, 0) is 6.07 Å². The van der Waals surface area contributed by atoms with E-state index in [1.54, 1.807) is 15.6 Å². The summed E-state index contributed by atoms with van der Waals surface area (Å²) in [6.45, 7) is 0.460. The molecule has 7 nitrogen and oxygen atoms in total. The molecule has 2 aromatic heterocycles. The summed E-state index contributed by atoms with van der Waals surface area (Å²) < 4.78 is 7.83. The Labute approximate surface area is 97.8 Å². The van der Waals surface area contributed by atoms with Crippen molar-refractivity contribution in [2.45, 2.75) is 6.54 Å². The minimum Gasteiger partial charge on any atom is -0.464 e. The Bertz CT molecular complexity index is 543. The molecule has 0 saturated heterocycles. The van der Waals surface area contributed by atoms with E-state index >= 15 is 0 Å². The van der Waals surface area contributed by atoms with E-state index in [1.165, 1.54) is 7.11 Å². The first-order valence-electron chi connectivity index (χ1n) is 5.00. The minimum absolute atomic E-state index is 0.128. The van der Waals surface area contributed by atoms with Crippen molar-refractivity contribution in [3.05, 3.63) is 29.8 Å². The lowest BCUT2D eigenvalue weighted by Gasteiger charge is -1.97. The molecule has 2 aromatic rings. The van der Waals surface area contributed by atoms with Gasteiger partial charge in [-0.25, -0.2) is 4.79 Å². The van der Waals surface area contributed by atoms with Crippen molar-refractivity contribution >= 4 is 11.7 Å². The molecule has 0 bridgehead atoms. The molecule has 0 unspecified atom stereocenters. The molecule has 0 atom stereocenters. The van der Waals surface area contributed by atoms with E-state index < -0.39 is 5.97 Å². The molecular formula is C10H13N5O2. The molecule has 0 saturated carbocycles. The van der Waals surface area contributed by atoms with Gasteiger partial charge >= 0.3 is 5.97 Å². The molecule has 2 rings (SSSR count). The van der Waals surface area contributed by atoms with Crippen LogP contribution in [0.15, 0.2) is 18.5 Å². The first-order valence-corrected chi connectivity index (χ1v) is 5.00. The van der Waals surface area contributed by atoms with Crippen LogP contribution in [0.5, 0.6) is 0 Å². The van der Waals surface area contributed by atoms with Gasteiger partial charge in [0.15, 0.2) is 5.69 Å². The third kappa shape index (κ3) is 2.27. The van der Waals surface area contributed by atoms with Gasteiger partial charge in [0.05, 0.1) is 25.0 Å².